The van der Waals surface area contributed by atoms with Crippen molar-refractivity contribution in [2.45, 2.75) is 103 Å². The number of rotatable bonds is 11. The summed E-state index contributed by atoms with van der Waals surface area (Å²) in [4.78, 5) is 22.4. The molecule has 2 fully saturated rings. The fourth-order valence-electron chi connectivity index (χ4n) is 4.97. The number of anilines is 1. The van der Waals surface area contributed by atoms with Crippen LogP contribution in [0.5, 0.6) is 0 Å². The van der Waals surface area contributed by atoms with Gasteiger partial charge in [-0.15, -0.1) is 6.58 Å². The van der Waals surface area contributed by atoms with Gasteiger partial charge in [-0.1, -0.05) is 52.0 Å². The Kier molecular flexibility index (Phi) is 15.3. The second-order valence-corrected chi connectivity index (χ2v) is 10.7. The predicted molar refractivity (Wildman–Crippen MR) is 160 cm³/mol. The minimum atomic E-state index is -0.0589. The first-order valence-electron chi connectivity index (χ1n) is 13.9. The van der Waals surface area contributed by atoms with Gasteiger partial charge in [-0.3, -0.25) is 15.2 Å². The van der Waals surface area contributed by atoms with Gasteiger partial charge in [-0.2, -0.15) is 0 Å². The first-order chi connectivity index (χ1) is 17.2. The molecule has 1 N–H and O–H groups in total. The molecule has 0 aromatic heterocycles. The van der Waals surface area contributed by atoms with Crippen LogP contribution in [0, 0.1) is 3.57 Å². The highest BCUT2D eigenvalue weighted by molar-refractivity contribution is 14.1. The van der Waals surface area contributed by atoms with Crippen LogP contribution < -0.4 is 10.2 Å². The van der Waals surface area contributed by atoms with Crippen molar-refractivity contribution in [1.82, 2.24) is 10.2 Å². The fraction of sp³-hybridized carbons (Fsp3) is 0.655. The van der Waals surface area contributed by atoms with Gasteiger partial charge < -0.3 is 4.90 Å². The molecule has 2 aliphatic rings. The molecule has 1 aliphatic heterocycles. The Morgan fingerprint density at radius 1 is 1.06 bits per heavy atom. The van der Waals surface area contributed by atoms with Gasteiger partial charge in [0.25, 0.3) is 0 Å². The van der Waals surface area contributed by atoms with Gasteiger partial charge in [0.2, 0.25) is 0 Å². The molecule has 1 heterocycles. The van der Waals surface area contributed by atoms with E-state index in [-0.39, 0.29) is 12.1 Å². The molecule has 0 radical (unpaired) electrons. The molecule has 1 saturated carbocycles. The number of aliphatic imine (C=N–C) groups is 1. The van der Waals surface area contributed by atoms with E-state index in [1.807, 2.05) is 24.8 Å². The van der Waals surface area contributed by atoms with Crippen LogP contribution in [0.15, 0.2) is 41.9 Å². The number of hydrogen-bond acceptors (Lipinski definition) is 3. The number of likely N-dealkylation sites (tertiary alicyclic amines) is 1. The minimum Gasteiger partial charge on any atom is -0.303 e. The van der Waals surface area contributed by atoms with E-state index in [1.165, 1.54) is 55.1 Å². The molecule has 2 amide bonds. The Hall–Kier alpha value is -1.41. The number of benzene rings is 1. The maximum absolute atomic E-state index is 13.2. The summed E-state index contributed by atoms with van der Waals surface area (Å²) in [5.41, 5.74) is 0.972. The van der Waals surface area contributed by atoms with Gasteiger partial charge >= 0.3 is 6.03 Å². The predicted octanol–water partition coefficient (Wildman–Crippen LogP) is 7.80. The Balaban J connectivity index is 0.00000210. The van der Waals surface area contributed by atoms with E-state index in [0.717, 1.165) is 50.9 Å². The monoisotopic (exact) mass is 594 g/mol. The summed E-state index contributed by atoms with van der Waals surface area (Å²) < 4.78 is 1.18. The average Bonchev–Trinajstić information content (AvgIpc) is 2.90. The van der Waals surface area contributed by atoms with E-state index in [1.54, 1.807) is 6.34 Å². The SMILES string of the molecule is C=CCCCCCCN1CCC(N(C(=O)NC=NC2CCCCC2)c2ccc(I)cc2)CC1.CC. The number of hydrogen-bond donors (Lipinski definition) is 1. The van der Waals surface area contributed by atoms with Gasteiger partial charge in [0.1, 0.15) is 0 Å². The quantitative estimate of drug-likeness (QED) is 0.0935. The lowest BCUT2D eigenvalue weighted by atomic mass is 9.96. The molecule has 0 bridgehead atoms. The second kappa shape index (κ2) is 17.9. The van der Waals surface area contributed by atoms with Gasteiger partial charge in [0.05, 0.1) is 12.4 Å². The van der Waals surface area contributed by atoms with Crippen molar-refractivity contribution in [3.8, 4) is 0 Å². The molecular weight excluding hydrogens is 547 g/mol. The molecule has 0 unspecified atom stereocenters. The lowest BCUT2D eigenvalue weighted by Crippen LogP contribution is -2.51. The van der Waals surface area contributed by atoms with Crippen molar-refractivity contribution < 1.29 is 4.79 Å². The average molecular weight is 595 g/mol. The van der Waals surface area contributed by atoms with E-state index in [0.29, 0.717) is 6.04 Å². The van der Waals surface area contributed by atoms with Crippen LogP contribution in [-0.2, 0) is 0 Å². The number of nitrogens with zero attached hydrogens (tertiary/aromatic N) is 3. The Morgan fingerprint density at radius 2 is 1.71 bits per heavy atom. The highest BCUT2D eigenvalue weighted by Gasteiger charge is 2.29. The summed E-state index contributed by atoms with van der Waals surface area (Å²) in [5.74, 6) is 0. The summed E-state index contributed by atoms with van der Waals surface area (Å²) >= 11 is 2.31. The number of piperidine rings is 1. The maximum Gasteiger partial charge on any atom is 0.327 e. The standard InChI is InChI=1S/C27H41IN4O.C2H6/c1-2-3-4-5-6-10-19-31-20-17-26(18-21-31)32(25-15-13-23(28)14-16-25)27(33)30-22-29-24-11-8-7-9-12-24;1-2/h2,13-16,22,24,26H,1,3-12,17-21H2,(H,29,30,33);1-2H3. The molecule has 1 aromatic carbocycles. The smallest absolute Gasteiger partial charge is 0.303 e. The minimum absolute atomic E-state index is 0.0589. The number of allylic oxidation sites excluding steroid dienone is 1. The molecule has 5 nitrogen and oxygen atoms in total. The van der Waals surface area contributed by atoms with Crippen molar-refractivity contribution in [3.63, 3.8) is 0 Å². The third-order valence-electron chi connectivity index (χ3n) is 6.93. The molecule has 0 atom stereocenters. The summed E-state index contributed by atoms with van der Waals surface area (Å²) in [7, 11) is 0. The third-order valence-corrected chi connectivity index (χ3v) is 7.65. The zero-order chi connectivity index (χ0) is 25.3. The first-order valence-corrected chi connectivity index (χ1v) is 15.0. The van der Waals surface area contributed by atoms with Crippen LogP contribution in [0.1, 0.15) is 90.9 Å². The highest BCUT2D eigenvalue weighted by Crippen LogP contribution is 2.25. The van der Waals surface area contributed by atoms with E-state index >= 15 is 0 Å². The van der Waals surface area contributed by atoms with E-state index in [9.17, 15) is 4.79 Å². The van der Waals surface area contributed by atoms with Gasteiger partial charge in [-0.25, -0.2) is 4.79 Å². The molecule has 6 heteroatoms. The zero-order valence-electron chi connectivity index (χ0n) is 22.1. The van der Waals surface area contributed by atoms with Crippen LogP contribution >= 0.6 is 22.6 Å². The van der Waals surface area contributed by atoms with Crippen molar-refractivity contribution in [3.05, 3.63) is 40.5 Å². The molecule has 1 aromatic rings. The van der Waals surface area contributed by atoms with Crippen LogP contribution in [-0.4, -0.2) is 49.0 Å². The maximum atomic E-state index is 13.2. The van der Waals surface area contributed by atoms with E-state index < -0.39 is 0 Å². The van der Waals surface area contributed by atoms with Crippen LogP contribution in [0.25, 0.3) is 0 Å². The second-order valence-electron chi connectivity index (χ2n) is 9.43. The number of amides is 2. The number of unbranched alkanes of at least 4 members (excludes halogenated alkanes) is 4. The van der Waals surface area contributed by atoms with Gasteiger partial charge in [0, 0.05) is 28.4 Å². The Morgan fingerprint density at radius 3 is 2.37 bits per heavy atom. The lowest BCUT2D eigenvalue weighted by Gasteiger charge is -2.38. The van der Waals surface area contributed by atoms with Crippen LogP contribution in [0.2, 0.25) is 0 Å². The number of carbonyl (C=O) groups excluding carboxylic acids is 1. The molecule has 1 saturated heterocycles. The summed E-state index contributed by atoms with van der Waals surface area (Å²) in [6.07, 6.45) is 18.0. The molecule has 1 aliphatic carbocycles. The zero-order valence-corrected chi connectivity index (χ0v) is 24.2. The number of urea groups is 1. The topological polar surface area (TPSA) is 47.9 Å². The summed E-state index contributed by atoms with van der Waals surface area (Å²) in [6.45, 7) is 11.1. The van der Waals surface area contributed by atoms with Crippen LogP contribution in [0.3, 0.4) is 0 Å². The lowest BCUT2D eigenvalue weighted by molar-refractivity contribution is 0.201. The normalized spacial score (nSPS) is 17.6. The summed E-state index contributed by atoms with van der Waals surface area (Å²) in [5, 5.41) is 2.98. The van der Waals surface area contributed by atoms with Crippen LogP contribution in [0.4, 0.5) is 10.5 Å². The summed E-state index contributed by atoms with van der Waals surface area (Å²) in [6, 6.07) is 8.81. The number of nitrogens with one attached hydrogen (secondary N) is 1. The number of carbonyl (C=O) groups is 1. The molecular formula is C29H47IN4O. The Bertz CT molecular complexity index is 738. The van der Waals surface area contributed by atoms with E-state index in [2.05, 4.69) is 68.6 Å². The van der Waals surface area contributed by atoms with E-state index in [4.69, 9.17) is 0 Å². The van der Waals surface area contributed by atoms with Crippen molar-refractivity contribution in [2.75, 3.05) is 24.5 Å². The first kappa shape index (κ1) is 29.8. The molecule has 3 rings (SSSR count). The largest absolute Gasteiger partial charge is 0.327 e. The molecule has 0 spiro atoms. The van der Waals surface area contributed by atoms with Crippen molar-refractivity contribution in [2.24, 2.45) is 4.99 Å². The molecule has 35 heavy (non-hydrogen) atoms. The highest BCUT2D eigenvalue weighted by atomic mass is 127. The fourth-order valence-corrected chi connectivity index (χ4v) is 5.33. The molecule has 196 valence electrons. The van der Waals surface area contributed by atoms with Gasteiger partial charge in [-0.05, 0) is 98.3 Å². The Labute approximate surface area is 228 Å². The number of halogens is 1. The van der Waals surface area contributed by atoms with Gasteiger partial charge in [0.15, 0.2) is 0 Å². The van der Waals surface area contributed by atoms with Crippen molar-refractivity contribution >= 4 is 40.6 Å². The van der Waals surface area contributed by atoms with Crippen molar-refractivity contribution in [1.29, 1.82) is 0 Å². The third kappa shape index (κ3) is 11.0.